The Balaban J connectivity index is 1.45. The maximum absolute atomic E-state index is 13.5. The number of benzene rings is 3. The Hall–Kier alpha value is -3.73. The highest BCUT2D eigenvalue weighted by Crippen LogP contribution is 2.60. The van der Waals surface area contributed by atoms with Crippen LogP contribution in [0.2, 0.25) is 0 Å². The van der Waals surface area contributed by atoms with E-state index >= 15 is 0 Å². The molecule has 3 aromatic rings. The molecule has 5 nitrogen and oxygen atoms in total. The maximum atomic E-state index is 13.5. The van der Waals surface area contributed by atoms with Gasteiger partial charge >= 0.3 is 0 Å². The van der Waals surface area contributed by atoms with Crippen LogP contribution in [-0.4, -0.2) is 30.1 Å². The summed E-state index contributed by atoms with van der Waals surface area (Å²) in [5, 5.41) is 5.42. The summed E-state index contributed by atoms with van der Waals surface area (Å²) in [4.78, 5) is 27.0. The van der Waals surface area contributed by atoms with Crippen LogP contribution in [0.4, 0.5) is 0 Å². The SMILES string of the molecule is COc1ccccc1/C=N\N1C(=O)[C@H]2C3c4ccccc4C(c4ccccc43)[C@@H]2C1=O. The molecule has 0 saturated carbocycles. The predicted octanol–water partition coefficient (Wildman–Crippen LogP) is 3.92. The highest BCUT2D eigenvalue weighted by molar-refractivity contribution is 6.08. The van der Waals surface area contributed by atoms with Crippen LogP contribution >= 0.6 is 0 Å². The summed E-state index contributed by atoms with van der Waals surface area (Å²) >= 11 is 0. The molecule has 31 heavy (non-hydrogen) atoms. The summed E-state index contributed by atoms with van der Waals surface area (Å²) in [6.45, 7) is 0. The third-order valence-electron chi connectivity index (χ3n) is 6.88. The molecule has 0 unspecified atom stereocenters. The van der Waals surface area contributed by atoms with Gasteiger partial charge in [-0.3, -0.25) is 9.59 Å². The van der Waals surface area contributed by atoms with E-state index < -0.39 is 11.8 Å². The third-order valence-corrected chi connectivity index (χ3v) is 6.88. The number of hydrogen-bond acceptors (Lipinski definition) is 4. The second-order valence-corrected chi connectivity index (χ2v) is 8.24. The fraction of sp³-hybridized carbons (Fsp3) is 0.192. The quantitative estimate of drug-likeness (QED) is 0.488. The van der Waals surface area contributed by atoms with Gasteiger partial charge in [-0.15, -0.1) is 0 Å². The molecule has 7 rings (SSSR count). The molecule has 2 amide bonds. The van der Waals surface area contributed by atoms with Crippen molar-refractivity contribution in [2.45, 2.75) is 11.8 Å². The smallest absolute Gasteiger partial charge is 0.254 e. The van der Waals surface area contributed by atoms with Crippen LogP contribution in [0, 0.1) is 11.8 Å². The number of carbonyl (C=O) groups excluding carboxylic acids is 2. The summed E-state index contributed by atoms with van der Waals surface area (Å²) in [5.74, 6) is -0.882. The number of ether oxygens (including phenoxy) is 1. The Morgan fingerprint density at radius 3 is 1.68 bits per heavy atom. The Morgan fingerprint density at radius 1 is 0.742 bits per heavy atom. The lowest BCUT2D eigenvalue weighted by molar-refractivity contribution is -0.139. The van der Waals surface area contributed by atoms with E-state index in [0.29, 0.717) is 5.75 Å². The lowest BCUT2D eigenvalue weighted by Crippen LogP contribution is -2.41. The average molecular weight is 408 g/mol. The van der Waals surface area contributed by atoms with Crippen molar-refractivity contribution < 1.29 is 14.3 Å². The van der Waals surface area contributed by atoms with E-state index in [2.05, 4.69) is 29.4 Å². The van der Waals surface area contributed by atoms with E-state index in [4.69, 9.17) is 4.74 Å². The summed E-state index contributed by atoms with van der Waals surface area (Å²) in [5.41, 5.74) is 5.34. The normalized spacial score (nSPS) is 25.5. The Labute approximate surface area is 180 Å². The molecule has 2 atom stereocenters. The standard InChI is InChI=1S/C26H20N2O3/c1-31-20-13-7-2-8-15(20)14-27-28-25(29)23-21-16-9-3-4-10-17(16)22(24(23)26(28)30)19-12-6-5-11-18(19)21/h2-14,21-24H,1H3/b27-14-/t21?,22?,23-,24-/m0/s1. The molecule has 4 aliphatic rings. The third kappa shape index (κ3) is 2.40. The predicted molar refractivity (Wildman–Crippen MR) is 116 cm³/mol. The fourth-order valence-electron chi connectivity index (χ4n) is 5.67. The van der Waals surface area contributed by atoms with Gasteiger partial charge in [0.2, 0.25) is 0 Å². The van der Waals surface area contributed by atoms with Crippen LogP contribution in [0.15, 0.2) is 77.9 Å². The Bertz CT molecular complexity index is 1150. The number of imide groups is 1. The van der Waals surface area contributed by atoms with Crippen molar-refractivity contribution in [2.75, 3.05) is 7.11 Å². The van der Waals surface area contributed by atoms with Crippen molar-refractivity contribution in [3.8, 4) is 5.75 Å². The van der Waals surface area contributed by atoms with Crippen molar-refractivity contribution in [2.24, 2.45) is 16.9 Å². The number of nitrogens with zero attached hydrogens (tertiary/aromatic N) is 2. The molecule has 0 N–H and O–H groups in total. The van der Waals surface area contributed by atoms with Crippen LogP contribution in [0.25, 0.3) is 0 Å². The van der Waals surface area contributed by atoms with Gasteiger partial charge in [-0.1, -0.05) is 60.7 Å². The zero-order chi connectivity index (χ0) is 21.1. The molecule has 0 spiro atoms. The molecule has 152 valence electrons. The van der Waals surface area contributed by atoms with Crippen molar-refractivity contribution in [1.82, 2.24) is 5.01 Å². The summed E-state index contributed by atoms with van der Waals surface area (Å²) < 4.78 is 5.36. The zero-order valence-electron chi connectivity index (χ0n) is 16.9. The van der Waals surface area contributed by atoms with Gasteiger partial charge in [0.05, 0.1) is 25.2 Å². The van der Waals surface area contributed by atoms with Gasteiger partial charge in [-0.05, 0) is 34.4 Å². The molecule has 0 aromatic heterocycles. The van der Waals surface area contributed by atoms with Crippen LogP contribution < -0.4 is 4.74 Å². The maximum Gasteiger partial charge on any atom is 0.254 e. The monoisotopic (exact) mass is 408 g/mol. The molecule has 1 saturated heterocycles. The number of carbonyl (C=O) groups is 2. The van der Waals surface area contributed by atoms with E-state index in [-0.39, 0.29) is 23.7 Å². The molecule has 3 aromatic carbocycles. The van der Waals surface area contributed by atoms with E-state index in [9.17, 15) is 9.59 Å². The molecule has 1 fully saturated rings. The highest BCUT2D eigenvalue weighted by Gasteiger charge is 2.61. The number of methoxy groups -OCH3 is 1. The van der Waals surface area contributed by atoms with Gasteiger partial charge in [-0.25, -0.2) is 0 Å². The topological polar surface area (TPSA) is 59.0 Å². The van der Waals surface area contributed by atoms with Gasteiger partial charge in [0, 0.05) is 17.4 Å². The number of para-hydroxylation sites is 1. The van der Waals surface area contributed by atoms with Crippen molar-refractivity contribution in [1.29, 1.82) is 0 Å². The second-order valence-electron chi connectivity index (χ2n) is 8.24. The minimum Gasteiger partial charge on any atom is -0.496 e. The van der Waals surface area contributed by atoms with Crippen LogP contribution in [-0.2, 0) is 9.59 Å². The van der Waals surface area contributed by atoms with Crippen LogP contribution in [0.5, 0.6) is 5.75 Å². The summed E-state index contributed by atoms with van der Waals surface area (Å²) in [7, 11) is 1.58. The molecule has 1 aliphatic heterocycles. The fourth-order valence-corrected chi connectivity index (χ4v) is 5.67. The van der Waals surface area contributed by atoms with Gasteiger partial charge < -0.3 is 4.74 Å². The Morgan fingerprint density at radius 2 is 1.19 bits per heavy atom. The average Bonchev–Trinajstić information content (AvgIpc) is 3.08. The summed E-state index contributed by atoms with van der Waals surface area (Å²) in [6.07, 6.45) is 1.54. The zero-order valence-corrected chi connectivity index (χ0v) is 16.9. The van der Waals surface area contributed by atoms with Gasteiger partial charge in [0.15, 0.2) is 0 Å². The molecular formula is C26H20N2O3. The van der Waals surface area contributed by atoms with Crippen LogP contribution in [0.3, 0.4) is 0 Å². The number of rotatable bonds is 3. The lowest BCUT2D eigenvalue weighted by Gasteiger charge is -2.45. The first kappa shape index (κ1) is 18.1. The number of hydrazone groups is 1. The number of hydrogen-bond donors (Lipinski definition) is 0. The van der Waals surface area contributed by atoms with E-state index in [0.717, 1.165) is 32.8 Å². The first-order chi connectivity index (χ1) is 15.2. The van der Waals surface area contributed by atoms with Crippen LogP contribution in [0.1, 0.15) is 39.7 Å². The minimum atomic E-state index is -0.419. The minimum absolute atomic E-state index is 0.120. The first-order valence-electron chi connectivity index (χ1n) is 10.4. The Kier molecular flexibility index (Phi) is 3.87. The lowest BCUT2D eigenvalue weighted by atomic mass is 9.55. The molecule has 3 aliphatic carbocycles. The largest absolute Gasteiger partial charge is 0.496 e. The summed E-state index contributed by atoms with van der Waals surface area (Å²) in [6, 6.07) is 23.8. The van der Waals surface area contributed by atoms with E-state index in [1.807, 2.05) is 48.5 Å². The molecule has 1 heterocycles. The van der Waals surface area contributed by atoms with E-state index in [1.54, 1.807) is 7.11 Å². The second kappa shape index (κ2) is 6.64. The van der Waals surface area contributed by atoms with Gasteiger partial charge in [0.25, 0.3) is 11.8 Å². The van der Waals surface area contributed by atoms with Gasteiger partial charge in [0.1, 0.15) is 5.75 Å². The van der Waals surface area contributed by atoms with Crippen molar-refractivity contribution in [3.63, 3.8) is 0 Å². The molecule has 2 bridgehead atoms. The molecule has 5 heteroatoms. The van der Waals surface area contributed by atoms with Crippen molar-refractivity contribution >= 4 is 18.0 Å². The number of amides is 2. The molecular weight excluding hydrogens is 388 g/mol. The van der Waals surface area contributed by atoms with E-state index in [1.165, 1.54) is 6.21 Å². The first-order valence-corrected chi connectivity index (χ1v) is 10.4. The molecule has 0 radical (unpaired) electrons. The van der Waals surface area contributed by atoms with Gasteiger partial charge in [-0.2, -0.15) is 10.1 Å². The van der Waals surface area contributed by atoms with Crippen molar-refractivity contribution in [3.05, 3.63) is 101 Å². The highest BCUT2D eigenvalue weighted by atomic mass is 16.5.